The molecule has 0 unspecified atom stereocenters. The van der Waals surface area contributed by atoms with Gasteiger partial charge in [-0.15, -0.1) is 0 Å². The second-order valence-electron chi connectivity index (χ2n) is 8.32. The van der Waals surface area contributed by atoms with E-state index in [2.05, 4.69) is 46.1 Å². The molecule has 1 N–H and O–H groups in total. The lowest BCUT2D eigenvalue weighted by Gasteiger charge is -2.30. The number of hydrogen-bond donors (Lipinski definition) is 1. The van der Waals surface area contributed by atoms with E-state index in [-0.39, 0.29) is 0 Å². The molecule has 7 heteroatoms. The Kier molecular flexibility index (Phi) is 7.86. The first-order valence-electron chi connectivity index (χ1n) is 11.8. The molecule has 0 radical (unpaired) electrons. The van der Waals surface area contributed by atoms with Crippen LogP contribution in [0, 0.1) is 0 Å². The van der Waals surface area contributed by atoms with Crippen LogP contribution in [0.1, 0.15) is 30.7 Å². The molecule has 4 rings (SSSR count). The van der Waals surface area contributed by atoms with Crippen molar-refractivity contribution in [3.05, 3.63) is 65.6 Å². The number of anilines is 1. The zero-order chi connectivity index (χ0) is 23.0. The Morgan fingerprint density at radius 3 is 2.48 bits per heavy atom. The van der Waals surface area contributed by atoms with Crippen LogP contribution in [-0.2, 0) is 19.5 Å². The average Bonchev–Trinajstić information content (AvgIpc) is 2.87. The molecule has 7 nitrogen and oxygen atoms in total. The molecule has 1 aliphatic rings. The van der Waals surface area contributed by atoms with Gasteiger partial charge in [0, 0.05) is 62.7 Å². The highest BCUT2D eigenvalue weighted by atomic mass is 16.5. The van der Waals surface area contributed by atoms with Crippen molar-refractivity contribution in [1.29, 1.82) is 0 Å². The minimum Gasteiger partial charge on any atom is -0.497 e. The number of methoxy groups -OCH3 is 1. The highest BCUT2D eigenvalue weighted by molar-refractivity contribution is 5.59. The van der Waals surface area contributed by atoms with E-state index in [0.717, 1.165) is 80.9 Å². The number of likely N-dealkylation sites (N-methyl/N-ethyl adjacent to an activating group) is 1. The van der Waals surface area contributed by atoms with E-state index in [1.54, 1.807) is 19.5 Å². The van der Waals surface area contributed by atoms with Gasteiger partial charge >= 0.3 is 0 Å². The number of benzene rings is 1. The van der Waals surface area contributed by atoms with Crippen molar-refractivity contribution in [2.75, 3.05) is 45.2 Å². The van der Waals surface area contributed by atoms with Gasteiger partial charge in [-0.3, -0.25) is 9.88 Å². The summed E-state index contributed by atoms with van der Waals surface area (Å²) < 4.78 is 5.29. The van der Waals surface area contributed by atoms with Crippen LogP contribution in [0.2, 0.25) is 0 Å². The molecule has 1 aromatic carbocycles. The fourth-order valence-electron chi connectivity index (χ4n) is 4.24. The summed E-state index contributed by atoms with van der Waals surface area (Å²) >= 11 is 0. The number of hydrogen-bond acceptors (Lipinski definition) is 7. The van der Waals surface area contributed by atoms with Gasteiger partial charge in [0.2, 0.25) is 0 Å². The molecule has 2 aromatic heterocycles. The van der Waals surface area contributed by atoms with Gasteiger partial charge in [-0.25, -0.2) is 9.97 Å². The molecule has 0 saturated heterocycles. The minimum atomic E-state index is 0.769. The van der Waals surface area contributed by atoms with Crippen LogP contribution >= 0.6 is 0 Å². The largest absolute Gasteiger partial charge is 0.497 e. The SMILES string of the molecule is CCN(CC)CCNc1nc(-c2ccncc2)nc2c1CN(Cc1ccc(OC)cc1)CC2. The van der Waals surface area contributed by atoms with Gasteiger partial charge in [-0.05, 0) is 42.9 Å². The highest BCUT2D eigenvalue weighted by Gasteiger charge is 2.23. The molecule has 0 saturated carbocycles. The Hall–Kier alpha value is -3.03. The predicted octanol–water partition coefficient (Wildman–Crippen LogP) is 3.86. The molecule has 0 amide bonds. The maximum Gasteiger partial charge on any atom is 0.161 e. The molecule has 0 aliphatic carbocycles. The molecule has 174 valence electrons. The Morgan fingerprint density at radius 1 is 1.03 bits per heavy atom. The third-order valence-corrected chi connectivity index (χ3v) is 6.26. The van der Waals surface area contributed by atoms with Crippen molar-refractivity contribution in [2.24, 2.45) is 0 Å². The maximum absolute atomic E-state index is 5.29. The topological polar surface area (TPSA) is 66.4 Å². The first-order valence-corrected chi connectivity index (χ1v) is 11.8. The fraction of sp³-hybridized carbons (Fsp3) is 0.423. The van der Waals surface area contributed by atoms with Gasteiger partial charge in [0.05, 0.1) is 12.8 Å². The van der Waals surface area contributed by atoms with E-state index in [4.69, 9.17) is 14.7 Å². The summed E-state index contributed by atoms with van der Waals surface area (Å²) in [5.74, 6) is 2.61. The molecule has 3 aromatic rings. The van der Waals surface area contributed by atoms with Crippen LogP contribution in [0.3, 0.4) is 0 Å². The van der Waals surface area contributed by atoms with E-state index in [9.17, 15) is 0 Å². The van der Waals surface area contributed by atoms with Crippen LogP contribution in [-0.4, -0.2) is 64.6 Å². The Morgan fingerprint density at radius 2 is 1.79 bits per heavy atom. The molecule has 0 atom stereocenters. The third-order valence-electron chi connectivity index (χ3n) is 6.26. The minimum absolute atomic E-state index is 0.769. The van der Waals surface area contributed by atoms with Crippen LogP contribution < -0.4 is 10.1 Å². The molecule has 0 spiro atoms. The normalized spacial score (nSPS) is 13.7. The van der Waals surface area contributed by atoms with Gasteiger partial charge in [-0.1, -0.05) is 26.0 Å². The van der Waals surface area contributed by atoms with Crippen molar-refractivity contribution in [3.8, 4) is 17.1 Å². The summed E-state index contributed by atoms with van der Waals surface area (Å²) in [7, 11) is 1.70. The van der Waals surface area contributed by atoms with Gasteiger partial charge < -0.3 is 15.0 Å². The number of aromatic nitrogens is 3. The number of pyridine rings is 1. The van der Waals surface area contributed by atoms with Crippen molar-refractivity contribution in [2.45, 2.75) is 33.4 Å². The van der Waals surface area contributed by atoms with E-state index >= 15 is 0 Å². The summed E-state index contributed by atoms with van der Waals surface area (Å²) in [6.45, 7) is 11.1. The van der Waals surface area contributed by atoms with E-state index < -0.39 is 0 Å². The van der Waals surface area contributed by atoms with Crippen molar-refractivity contribution >= 4 is 5.82 Å². The van der Waals surface area contributed by atoms with E-state index in [1.807, 2.05) is 24.3 Å². The molecular weight excluding hydrogens is 412 g/mol. The molecule has 33 heavy (non-hydrogen) atoms. The quantitative estimate of drug-likeness (QED) is 0.507. The Balaban J connectivity index is 1.55. The van der Waals surface area contributed by atoms with Crippen LogP contribution in [0.4, 0.5) is 5.82 Å². The lowest BCUT2D eigenvalue weighted by atomic mass is 10.0. The lowest BCUT2D eigenvalue weighted by Crippen LogP contribution is -2.33. The zero-order valence-electron chi connectivity index (χ0n) is 19.9. The molecule has 1 aliphatic heterocycles. The second-order valence-corrected chi connectivity index (χ2v) is 8.32. The number of nitrogens with zero attached hydrogens (tertiary/aromatic N) is 5. The first kappa shape index (κ1) is 23.1. The maximum atomic E-state index is 5.29. The molecule has 3 heterocycles. The highest BCUT2D eigenvalue weighted by Crippen LogP contribution is 2.28. The average molecular weight is 447 g/mol. The van der Waals surface area contributed by atoms with Crippen LogP contribution in [0.15, 0.2) is 48.8 Å². The molecule has 0 bridgehead atoms. The van der Waals surface area contributed by atoms with Gasteiger partial charge in [0.15, 0.2) is 5.82 Å². The van der Waals surface area contributed by atoms with Crippen LogP contribution in [0.5, 0.6) is 5.75 Å². The number of fused-ring (bicyclic) bond motifs is 1. The standard InChI is InChI=1S/C26H34N6O/c1-4-31(5-2)17-15-28-26-23-19-32(18-20-6-8-22(33-3)9-7-20)16-12-24(23)29-25(30-26)21-10-13-27-14-11-21/h6-11,13-14H,4-5,12,15-19H2,1-3H3,(H,28,29,30). The van der Waals surface area contributed by atoms with E-state index in [1.165, 1.54) is 11.1 Å². The Labute approximate surface area is 196 Å². The van der Waals surface area contributed by atoms with Crippen molar-refractivity contribution in [3.63, 3.8) is 0 Å². The third kappa shape index (κ3) is 5.86. The molecular formula is C26H34N6O. The Bertz CT molecular complexity index is 1020. The number of rotatable bonds is 10. The van der Waals surface area contributed by atoms with Gasteiger partial charge in [0.1, 0.15) is 11.6 Å². The van der Waals surface area contributed by atoms with Crippen molar-refractivity contribution in [1.82, 2.24) is 24.8 Å². The summed E-state index contributed by atoms with van der Waals surface area (Å²) in [5.41, 5.74) is 4.64. The fourth-order valence-corrected chi connectivity index (χ4v) is 4.24. The zero-order valence-corrected chi connectivity index (χ0v) is 19.9. The summed E-state index contributed by atoms with van der Waals surface area (Å²) in [6.07, 6.45) is 4.50. The monoisotopic (exact) mass is 446 g/mol. The second kappa shape index (κ2) is 11.2. The smallest absolute Gasteiger partial charge is 0.161 e. The predicted molar refractivity (Wildman–Crippen MR) is 132 cm³/mol. The molecule has 0 fully saturated rings. The summed E-state index contributed by atoms with van der Waals surface area (Å²) in [4.78, 5) is 18.9. The summed E-state index contributed by atoms with van der Waals surface area (Å²) in [6, 6.07) is 12.3. The van der Waals surface area contributed by atoms with Crippen LogP contribution in [0.25, 0.3) is 11.4 Å². The first-order chi connectivity index (χ1) is 16.2. The lowest BCUT2D eigenvalue weighted by molar-refractivity contribution is 0.243. The number of ether oxygens (including phenoxy) is 1. The van der Waals surface area contributed by atoms with Crippen molar-refractivity contribution < 1.29 is 4.74 Å². The van der Waals surface area contributed by atoms with Gasteiger partial charge in [0.25, 0.3) is 0 Å². The van der Waals surface area contributed by atoms with Gasteiger partial charge in [-0.2, -0.15) is 0 Å². The number of nitrogens with one attached hydrogen (secondary N) is 1. The van der Waals surface area contributed by atoms with E-state index in [0.29, 0.717) is 0 Å². The summed E-state index contributed by atoms with van der Waals surface area (Å²) in [5, 5.41) is 3.63.